The Morgan fingerprint density at radius 1 is 0.931 bits per heavy atom. The van der Waals surface area contributed by atoms with E-state index >= 15 is 0 Å². The number of para-hydroxylation sites is 1. The summed E-state index contributed by atoms with van der Waals surface area (Å²) in [6.07, 6.45) is 3.64. The van der Waals surface area contributed by atoms with Gasteiger partial charge in [0.25, 0.3) is 0 Å². The quantitative estimate of drug-likeness (QED) is 0.544. The van der Waals surface area contributed by atoms with Gasteiger partial charge < -0.3 is 5.32 Å². The average Bonchev–Trinajstić information content (AvgIpc) is 3.15. The number of hydrogen-bond donors (Lipinski definition) is 1. The predicted octanol–water partition coefficient (Wildman–Crippen LogP) is 4.93. The molecule has 0 amide bonds. The molecule has 0 unspecified atom stereocenters. The first-order valence-corrected chi connectivity index (χ1v) is 9.43. The molecule has 4 aromatic rings. The number of halogens is 1. The van der Waals surface area contributed by atoms with Gasteiger partial charge in [0.2, 0.25) is 0 Å². The number of benzene rings is 2. The van der Waals surface area contributed by atoms with Gasteiger partial charge in [-0.3, -0.25) is 9.67 Å². The van der Waals surface area contributed by atoms with Gasteiger partial charge in [0.15, 0.2) is 0 Å². The van der Waals surface area contributed by atoms with Gasteiger partial charge >= 0.3 is 0 Å². The molecule has 0 aliphatic carbocycles. The number of anilines is 2. The maximum Gasteiger partial charge on any atom is 0.130 e. The molecule has 5 nitrogen and oxygen atoms in total. The number of nitrogens with one attached hydrogen (secondary N) is 1. The molecule has 2 aromatic carbocycles. The summed E-state index contributed by atoms with van der Waals surface area (Å²) in [5.74, 6) is 0.477. The molecule has 0 spiro atoms. The van der Waals surface area contributed by atoms with Crippen LogP contribution in [0.2, 0.25) is 0 Å². The van der Waals surface area contributed by atoms with Crippen molar-refractivity contribution in [3.8, 4) is 22.4 Å². The van der Waals surface area contributed by atoms with E-state index in [9.17, 15) is 4.39 Å². The average molecular weight is 383 g/mol. The molecule has 142 valence electrons. The second-order valence-corrected chi connectivity index (χ2v) is 6.79. The third-order valence-corrected chi connectivity index (χ3v) is 4.86. The maximum atomic E-state index is 13.4. The van der Waals surface area contributed by atoms with Gasteiger partial charge in [0.05, 0.1) is 18.8 Å². The molecule has 1 aliphatic heterocycles. The number of nitrogens with zero attached hydrogens (tertiary/aromatic N) is 4. The van der Waals surface area contributed by atoms with E-state index < -0.39 is 0 Å². The number of aromatic nitrogens is 3. The first kappa shape index (κ1) is 17.3. The minimum absolute atomic E-state index is 0.265. The highest BCUT2D eigenvalue weighted by Crippen LogP contribution is 2.35. The first-order valence-electron chi connectivity index (χ1n) is 9.43. The second kappa shape index (κ2) is 7.31. The van der Waals surface area contributed by atoms with Crippen molar-refractivity contribution in [1.29, 1.82) is 0 Å². The smallest absolute Gasteiger partial charge is 0.130 e. The van der Waals surface area contributed by atoms with Gasteiger partial charge in [-0.1, -0.05) is 18.2 Å². The highest BCUT2D eigenvalue weighted by Gasteiger charge is 2.21. The van der Waals surface area contributed by atoms with Crippen LogP contribution in [0.3, 0.4) is 0 Å². The Bertz CT molecular complexity index is 1180. The maximum absolute atomic E-state index is 13.4. The molecule has 3 heterocycles. The highest BCUT2D eigenvalue weighted by atomic mass is 19.1. The molecule has 1 N–H and O–H groups in total. The minimum Gasteiger partial charge on any atom is -0.340 e. The molecule has 0 radical (unpaired) electrons. The number of pyridine rings is 1. The van der Waals surface area contributed by atoms with E-state index in [2.05, 4.69) is 15.3 Å². The molecule has 5 rings (SSSR count). The van der Waals surface area contributed by atoms with Gasteiger partial charge in [-0.2, -0.15) is 5.10 Å². The number of aliphatic imine (C=N–C) groups is 1. The topological polar surface area (TPSA) is 55.1 Å². The molecule has 6 heteroatoms. The molecule has 1 aliphatic rings. The molecule has 2 aromatic heterocycles. The molecule has 0 saturated carbocycles. The van der Waals surface area contributed by atoms with Crippen LogP contribution in [-0.2, 0) is 6.54 Å². The van der Waals surface area contributed by atoms with Crippen LogP contribution in [-0.4, -0.2) is 27.5 Å². The van der Waals surface area contributed by atoms with Gasteiger partial charge in [-0.15, -0.1) is 0 Å². The summed E-state index contributed by atoms with van der Waals surface area (Å²) in [6.45, 7) is 1.42. The Hall–Kier alpha value is -3.80. The Morgan fingerprint density at radius 2 is 1.76 bits per heavy atom. The van der Waals surface area contributed by atoms with E-state index in [0.717, 1.165) is 46.1 Å². The van der Waals surface area contributed by atoms with Crippen LogP contribution in [0.25, 0.3) is 22.4 Å². The Morgan fingerprint density at radius 3 is 2.59 bits per heavy atom. The van der Waals surface area contributed by atoms with Crippen molar-refractivity contribution in [3.05, 3.63) is 84.4 Å². The van der Waals surface area contributed by atoms with Crippen molar-refractivity contribution in [1.82, 2.24) is 14.8 Å². The molecule has 0 atom stereocenters. The van der Waals surface area contributed by atoms with Crippen LogP contribution in [0, 0.1) is 5.82 Å². The normalized spacial score (nSPS) is 12.6. The van der Waals surface area contributed by atoms with Gasteiger partial charge in [-0.25, -0.2) is 9.37 Å². The fourth-order valence-corrected chi connectivity index (χ4v) is 3.50. The number of rotatable bonds is 4. The van der Waals surface area contributed by atoms with E-state index in [-0.39, 0.29) is 5.82 Å². The summed E-state index contributed by atoms with van der Waals surface area (Å²) >= 11 is 0. The van der Waals surface area contributed by atoms with Gasteiger partial charge in [-0.05, 0) is 54.1 Å². The van der Waals surface area contributed by atoms with E-state index in [4.69, 9.17) is 5.10 Å². The predicted molar refractivity (Wildman–Crippen MR) is 113 cm³/mol. The van der Waals surface area contributed by atoms with E-state index in [1.165, 1.54) is 12.1 Å². The summed E-state index contributed by atoms with van der Waals surface area (Å²) in [6, 6.07) is 20.3. The number of fused-ring (bicyclic) bond motifs is 1. The number of hydrogen-bond acceptors (Lipinski definition) is 4. The Labute approximate surface area is 167 Å². The fraction of sp³-hybridized carbons (Fsp3) is 0.0870. The van der Waals surface area contributed by atoms with Crippen LogP contribution in [0.15, 0.2) is 77.9 Å². The first-order chi connectivity index (χ1) is 14.3. The lowest BCUT2D eigenvalue weighted by Crippen LogP contribution is -2.12. The summed E-state index contributed by atoms with van der Waals surface area (Å²) in [5.41, 5.74) is 5.55. The summed E-state index contributed by atoms with van der Waals surface area (Å²) in [4.78, 5) is 8.89. The molecule has 0 bridgehead atoms. The van der Waals surface area contributed by atoms with Crippen LogP contribution in [0.1, 0.15) is 5.69 Å². The summed E-state index contributed by atoms with van der Waals surface area (Å²) in [5, 5.41) is 8.13. The standard InChI is InChI=1S/C23H18FN5/c24-18-8-6-16(7-9-18)23-22(20-15-25-12-13-29(20)28-23)17-10-11-26-21(14-17)27-19-4-2-1-3-5-19/h1-11,14-15H,12-13H2,(H,26,27). The molecule has 0 fully saturated rings. The van der Waals surface area contributed by atoms with Crippen LogP contribution in [0.5, 0.6) is 0 Å². The van der Waals surface area contributed by atoms with Crippen molar-refractivity contribution in [2.45, 2.75) is 6.54 Å². The summed E-state index contributed by atoms with van der Waals surface area (Å²) in [7, 11) is 0. The molecule has 29 heavy (non-hydrogen) atoms. The van der Waals surface area contributed by atoms with Gasteiger partial charge in [0, 0.05) is 29.2 Å². The van der Waals surface area contributed by atoms with Crippen molar-refractivity contribution in [2.75, 3.05) is 11.9 Å². The molecular weight excluding hydrogens is 365 g/mol. The van der Waals surface area contributed by atoms with Gasteiger partial charge in [0.1, 0.15) is 17.3 Å². The lowest BCUT2D eigenvalue weighted by molar-refractivity contribution is 0.612. The Kier molecular flexibility index (Phi) is 4.37. The summed E-state index contributed by atoms with van der Waals surface area (Å²) < 4.78 is 15.4. The van der Waals surface area contributed by atoms with Crippen LogP contribution >= 0.6 is 0 Å². The minimum atomic E-state index is -0.265. The monoisotopic (exact) mass is 383 g/mol. The van der Waals surface area contributed by atoms with Crippen molar-refractivity contribution in [3.63, 3.8) is 0 Å². The van der Waals surface area contributed by atoms with Crippen molar-refractivity contribution in [2.24, 2.45) is 4.99 Å². The third-order valence-electron chi connectivity index (χ3n) is 4.86. The van der Waals surface area contributed by atoms with E-state index in [1.54, 1.807) is 18.3 Å². The third kappa shape index (κ3) is 3.40. The molecular formula is C23H18FN5. The lowest BCUT2D eigenvalue weighted by Gasteiger charge is -2.11. The molecule has 0 saturated heterocycles. The zero-order chi connectivity index (χ0) is 19.6. The van der Waals surface area contributed by atoms with E-state index in [0.29, 0.717) is 6.54 Å². The largest absolute Gasteiger partial charge is 0.340 e. The zero-order valence-corrected chi connectivity index (χ0v) is 15.6. The van der Waals surface area contributed by atoms with E-state index in [1.807, 2.05) is 53.4 Å². The zero-order valence-electron chi connectivity index (χ0n) is 15.6. The Balaban J connectivity index is 1.62. The van der Waals surface area contributed by atoms with Crippen LogP contribution < -0.4 is 5.32 Å². The van der Waals surface area contributed by atoms with Crippen LogP contribution in [0.4, 0.5) is 15.9 Å². The second-order valence-electron chi connectivity index (χ2n) is 6.79. The lowest BCUT2D eigenvalue weighted by atomic mass is 9.99. The fourth-order valence-electron chi connectivity index (χ4n) is 3.50. The van der Waals surface area contributed by atoms with Crippen molar-refractivity contribution >= 4 is 17.7 Å². The highest BCUT2D eigenvalue weighted by molar-refractivity contribution is 5.96. The SMILES string of the molecule is Fc1ccc(-c2nn3c(c2-c2ccnc(Nc4ccccc4)c2)C=NCC3)cc1. The van der Waals surface area contributed by atoms with Crippen molar-refractivity contribution < 1.29 is 4.39 Å².